The van der Waals surface area contributed by atoms with E-state index in [4.69, 9.17) is 19.4 Å². The van der Waals surface area contributed by atoms with E-state index >= 15 is 0 Å². The Kier molecular flexibility index (Phi) is 8.70. The van der Waals surface area contributed by atoms with Crippen LogP contribution in [0.4, 0.5) is 0 Å². The molecule has 6 aromatic carbocycles. The van der Waals surface area contributed by atoms with E-state index in [0.29, 0.717) is 28.9 Å². The van der Waals surface area contributed by atoms with Crippen LogP contribution in [0.2, 0.25) is 0 Å². The van der Waals surface area contributed by atoms with Crippen LogP contribution in [0.25, 0.3) is 72.5 Å². The third-order valence-corrected chi connectivity index (χ3v) is 9.93. The summed E-state index contributed by atoms with van der Waals surface area (Å²) < 4.78 is 15.2. The van der Waals surface area contributed by atoms with Gasteiger partial charge in [-0.3, -0.25) is 14.5 Å². The molecular weight excluding hydrogens is 703 g/mol. The Hall–Kier alpha value is -7.90. The number of ether oxygens (including phenoxy) is 2. The summed E-state index contributed by atoms with van der Waals surface area (Å²) in [5.74, 6) is 3.32. The molecule has 0 saturated carbocycles. The lowest BCUT2D eigenvalue weighted by atomic mass is 9.99. The van der Waals surface area contributed by atoms with Gasteiger partial charge in [0, 0.05) is 69.9 Å². The van der Waals surface area contributed by atoms with E-state index in [0.717, 1.165) is 66.6 Å². The maximum absolute atomic E-state index is 6.56. The van der Waals surface area contributed by atoms with Crippen molar-refractivity contribution < 1.29 is 9.47 Å². The summed E-state index contributed by atoms with van der Waals surface area (Å²) in [7, 11) is 0. The second-order valence-electron chi connectivity index (χ2n) is 13.5. The van der Waals surface area contributed by atoms with Gasteiger partial charge in [0.25, 0.3) is 0 Å². The molecule has 0 fully saturated rings. The minimum atomic E-state index is 0.544. The smallest absolute Gasteiger partial charge is 0.234 e. The highest BCUT2D eigenvalue weighted by atomic mass is 16.5. The van der Waals surface area contributed by atoms with Gasteiger partial charge in [-0.05, 0) is 77.9 Å². The molecule has 0 unspecified atom stereocenters. The number of pyridine rings is 2. The highest BCUT2D eigenvalue weighted by Crippen LogP contribution is 2.39. The van der Waals surface area contributed by atoms with Gasteiger partial charge in [0.2, 0.25) is 5.95 Å². The Morgan fingerprint density at radius 1 is 0.333 bits per heavy atom. The monoisotopic (exact) mass is 735 g/mol. The van der Waals surface area contributed by atoms with Crippen molar-refractivity contribution in [3.05, 3.63) is 201 Å². The average molecular weight is 736 g/mol. The zero-order valence-corrected chi connectivity index (χ0v) is 30.6. The van der Waals surface area contributed by atoms with Crippen LogP contribution >= 0.6 is 0 Å². The Labute approximate surface area is 329 Å². The van der Waals surface area contributed by atoms with E-state index in [1.165, 1.54) is 0 Å². The zero-order chi connectivity index (χ0) is 38.0. The minimum Gasteiger partial charge on any atom is -0.457 e. The van der Waals surface area contributed by atoms with Crippen LogP contribution in [0.1, 0.15) is 0 Å². The summed E-state index contributed by atoms with van der Waals surface area (Å²) in [6.07, 6.45) is 7.15. The molecule has 10 rings (SSSR count). The van der Waals surface area contributed by atoms with Gasteiger partial charge in [-0.2, -0.15) is 0 Å². The van der Waals surface area contributed by atoms with Crippen LogP contribution in [0, 0.1) is 0 Å². The highest BCUT2D eigenvalue weighted by molar-refractivity contribution is 6.09. The number of fused-ring (bicyclic) bond motifs is 3. The van der Waals surface area contributed by atoms with Gasteiger partial charge in [-0.15, -0.1) is 0 Å². The molecule has 0 radical (unpaired) electrons. The number of nitrogens with zero attached hydrogens (tertiary/aromatic N) is 5. The quantitative estimate of drug-likeness (QED) is 0.147. The van der Waals surface area contributed by atoms with Crippen molar-refractivity contribution in [2.75, 3.05) is 0 Å². The van der Waals surface area contributed by atoms with Crippen molar-refractivity contribution in [1.29, 1.82) is 0 Å². The Morgan fingerprint density at radius 3 is 1.26 bits per heavy atom. The Morgan fingerprint density at radius 2 is 0.772 bits per heavy atom. The van der Waals surface area contributed by atoms with Gasteiger partial charge in [-0.1, -0.05) is 97.1 Å². The fourth-order valence-electron chi connectivity index (χ4n) is 7.39. The summed E-state index contributed by atoms with van der Waals surface area (Å²) in [4.78, 5) is 18.9. The number of hydrogen-bond donors (Lipinski definition) is 0. The first-order valence-electron chi connectivity index (χ1n) is 18.7. The van der Waals surface area contributed by atoms with E-state index in [1.807, 2.05) is 128 Å². The number of aromatic nitrogens is 5. The first-order chi connectivity index (χ1) is 28.2. The van der Waals surface area contributed by atoms with Crippen LogP contribution in [0.15, 0.2) is 201 Å². The molecule has 0 bridgehead atoms. The summed E-state index contributed by atoms with van der Waals surface area (Å²) in [5.41, 5.74) is 9.87. The van der Waals surface area contributed by atoms with E-state index in [9.17, 15) is 0 Å². The molecule has 10 aromatic rings. The van der Waals surface area contributed by atoms with Gasteiger partial charge < -0.3 is 9.47 Å². The summed E-state index contributed by atoms with van der Waals surface area (Å²) in [6.45, 7) is 0. The van der Waals surface area contributed by atoms with Crippen molar-refractivity contribution >= 4 is 21.8 Å². The van der Waals surface area contributed by atoms with Gasteiger partial charge in [0.1, 0.15) is 23.0 Å². The van der Waals surface area contributed by atoms with E-state index in [-0.39, 0.29) is 0 Å². The van der Waals surface area contributed by atoms with Crippen molar-refractivity contribution in [2.24, 2.45) is 0 Å². The zero-order valence-electron chi connectivity index (χ0n) is 30.6. The first kappa shape index (κ1) is 33.7. The number of hydrogen-bond acceptors (Lipinski definition) is 6. The van der Waals surface area contributed by atoms with Crippen molar-refractivity contribution in [3.63, 3.8) is 0 Å². The number of rotatable bonds is 9. The van der Waals surface area contributed by atoms with Crippen molar-refractivity contribution in [1.82, 2.24) is 24.5 Å². The molecule has 57 heavy (non-hydrogen) atoms. The van der Waals surface area contributed by atoms with Gasteiger partial charge in [0.05, 0.1) is 22.4 Å². The van der Waals surface area contributed by atoms with Crippen LogP contribution in [0.3, 0.4) is 0 Å². The lowest BCUT2D eigenvalue weighted by Crippen LogP contribution is -2.00. The fraction of sp³-hybridized carbons (Fsp3) is 0. The maximum Gasteiger partial charge on any atom is 0.234 e. The molecular formula is C50H33N5O2. The standard InChI is InChI=1S/C50H33N5O2/c1-3-12-34(13-4-1)42-20-9-26-51-48(42)36-16-7-18-38(30-36)56-40-22-24-44-45-25-23-41(33-47(45)55(46(44)32-40)50-53-28-11-29-54-50)57-39-19-8-17-37(31-39)49-43(21-10-27-52-49)35-14-5-2-6-15-35/h1-33H. The lowest BCUT2D eigenvalue weighted by molar-refractivity contribution is 0.483. The van der Waals surface area contributed by atoms with Crippen LogP contribution in [-0.2, 0) is 0 Å². The summed E-state index contributed by atoms with van der Waals surface area (Å²) >= 11 is 0. The molecule has 0 atom stereocenters. The molecule has 0 aliphatic carbocycles. The minimum absolute atomic E-state index is 0.544. The molecule has 4 heterocycles. The van der Waals surface area contributed by atoms with Crippen LogP contribution < -0.4 is 9.47 Å². The second-order valence-corrected chi connectivity index (χ2v) is 13.5. The average Bonchev–Trinajstić information content (AvgIpc) is 3.60. The van der Waals surface area contributed by atoms with Gasteiger partial charge >= 0.3 is 0 Å². The van der Waals surface area contributed by atoms with Crippen LogP contribution in [-0.4, -0.2) is 24.5 Å². The first-order valence-corrected chi connectivity index (χ1v) is 18.7. The largest absolute Gasteiger partial charge is 0.457 e. The molecule has 4 aromatic heterocycles. The maximum atomic E-state index is 6.56. The lowest BCUT2D eigenvalue weighted by Gasteiger charge is -2.12. The predicted molar refractivity (Wildman–Crippen MR) is 227 cm³/mol. The normalized spacial score (nSPS) is 11.2. The van der Waals surface area contributed by atoms with Gasteiger partial charge in [0.15, 0.2) is 0 Å². The molecule has 0 N–H and O–H groups in total. The summed E-state index contributed by atoms with van der Waals surface area (Å²) in [6, 6.07) is 58.9. The van der Waals surface area contributed by atoms with E-state index in [2.05, 4.69) is 75.2 Å². The molecule has 0 saturated heterocycles. The topological polar surface area (TPSA) is 75.0 Å². The van der Waals surface area contributed by atoms with E-state index < -0.39 is 0 Å². The molecule has 7 nitrogen and oxygen atoms in total. The second kappa shape index (κ2) is 14.7. The molecule has 7 heteroatoms. The van der Waals surface area contributed by atoms with Crippen molar-refractivity contribution in [3.8, 4) is 73.7 Å². The van der Waals surface area contributed by atoms with Crippen molar-refractivity contribution in [2.45, 2.75) is 0 Å². The molecule has 0 aliphatic rings. The SMILES string of the molecule is c1ccc(-c2cccnc2-c2cccc(Oc3ccc4c5ccc(Oc6cccc(-c7ncccc7-c7ccccc7)c6)cc5n(-c5ncccn5)c4c3)c2)cc1. The Bertz CT molecular complexity index is 2840. The molecule has 0 amide bonds. The predicted octanol–water partition coefficient (Wildman–Crippen LogP) is 12.6. The fourth-order valence-corrected chi connectivity index (χ4v) is 7.39. The Balaban J connectivity index is 1.00. The highest BCUT2D eigenvalue weighted by Gasteiger charge is 2.17. The third kappa shape index (κ3) is 6.64. The molecule has 0 spiro atoms. The van der Waals surface area contributed by atoms with Crippen LogP contribution in [0.5, 0.6) is 23.0 Å². The third-order valence-electron chi connectivity index (χ3n) is 9.93. The molecule has 270 valence electrons. The van der Waals surface area contributed by atoms with E-state index in [1.54, 1.807) is 12.4 Å². The number of benzene rings is 6. The van der Waals surface area contributed by atoms with Gasteiger partial charge in [-0.25, -0.2) is 9.97 Å². The molecule has 0 aliphatic heterocycles. The summed E-state index contributed by atoms with van der Waals surface area (Å²) in [5, 5.41) is 2.08.